The van der Waals surface area contributed by atoms with Crippen LogP contribution >= 0.6 is 11.3 Å². The van der Waals surface area contributed by atoms with Crippen molar-refractivity contribution in [1.82, 2.24) is 19.6 Å². The number of sulfonamides is 1. The molecule has 4 unspecified atom stereocenters. The number of hydrogen-bond donors (Lipinski definition) is 2. The van der Waals surface area contributed by atoms with E-state index >= 15 is 0 Å². The number of ether oxygens (including phenoxy) is 4. The highest BCUT2D eigenvalue weighted by atomic mass is 32.2. The van der Waals surface area contributed by atoms with Crippen LogP contribution in [0.1, 0.15) is 77.7 Å². The van der Waals surface area contributed by atoms with E-state index in [4.69, 9.17) is 24.7 Å². The van der Waals surface area contributed by atoms with Gasteiger partial charge >= 0.3 is 12.3 Å². The van der Waals surface area contributed by atoms with Crippen LogP contribution in [0.25, 0.3) is 10.8 Å². The number of nitrogens with zero attached hydrogens (tertiary/aromatic N) is 4. The van der Waals surface area contributed by atoms with Crippen LogP contribution in [-0.2, 0) is 35.4 Å². The zero-order valence-corrected chi connectivity index (χ0v) is 31.6. The summed E-state index contributed by atoms with van der Waals surface area (Å²) < 4.78 is 80.3. The maximum absolute atomic E-state index is 14.4. The minimum atomic E-state index is -4.11. The van der Waals surface area contributed by atoms with Gasteiger partial charge in [0, 0.05) is 38.1 Å². The summed E-state index contributed by atoms with van der Waals surface area (Å²) >= 11 is 1.04. The summed E-state index contributed by atoms with van der Waals surface area (Å²) in [6.07, 6.45) is 2.75. The number of benzene rings is 1. The van der Waals surface area contributed by atoms with Gasteiger partial charge in [0.05, 0.1) is 18.3 Å². The number of alkyl halides is 2. The van der Waals surface area contributed by atoms with Crippen LogP contribution in [0.15, 0.2) is 34.8 Å². The maximum atomic E-state index is 14.4. The van der Waals surface area contributed by atoms with Gasteiger partial charge in [0.25, 0.3) is 10.0 Å². The Balaban J connectivity index is 1.24. The van der Waals surface area contributed by atoms with E-state index in [-0.39, 0.29) is 41.3 Å². The predicted molar refractivity (Wildman–Crippen MR) is 193 cm³/mol. The average molecular weight is 781 g/mol. The molecule has 3 aromatic rings. The largest absolute Gasteiger partial charge is 0.510 e. The first-order chi connectivity index (χ1) is 25.2. The van der Waals surface area contributed by atoms with Crippen molar-refractivity contribution < 1.29 is 45.7 Å². The number of anilines is 2. The van der Waals surface area contributed by atoms with Gasteiger partial charge in [0.15, 0.2) is 9.34 Å². The number of hydrogen-bond acceptors (Lipinski definition) is 13. The first-order valence-electron chi connectivity index (χ1n) is 18.0. The number of likely N-dealkylation sites (tertiary alicyclic amines) is 1. The lowest BCUT2D eigenvalue weighted by Gasteiger charge is -2.35. The van der Waals surface area contributed by atoms with Crippen LogP contribution in [0.5, 0.6) is 5.75 Å². The Hall–Kier alpha value is -3.87. The second kappa shape index (κ2) is 16.2. The number of thiazole rings is 1. The summed E-state index contributed by atoms with van der Waals surface area (Å²) in [6, 6.07) is 2.73. The Morgan fingerprint density at radius 2 is 1.83 bits per heavy atom. The molecule has 0 radical (unpaired) electrons. The molecule has 3 fully saturated rings. The molecule has 3 aliphatic rings. The summed E-state index contributed by atoms with van der Waals surface area (Å²) in [5, 5.41) is 1.61. The topological polar surface area (TPSA) is 176 Å². The maximum Gasteiger partial charge on any atom is 0.510 e. The zero-order valence-electron chi connectivity index (χ0n) is 30.0. The molecule has 3 N–H and O–H groups in total. The second-order valence-electron chi connectivity index (χ2n) is 13.9. The van der Waals surface area contributed by atoms with Gasteiger partial charge in [-0.05, 0) is 94.4 Å². The average Bonchev–Trinajstić information content (AvgIpc) is 3.87. The molecule has 0 spiro atoms. The lowest BCUT2D eigenvalue weighted by Crippen LogP contribution is -2.50. The number of carbonyl (C=O) groups is 2. The van der Waals surface area contributed by atoms with Crippen molar-refractivity contribution in [3.63, 3.8) is 0 Å². The fourth-order valence-corrected chi connectivity index (χ4v) is 9.60. The Morgan fingerprint density at radius 3 is 2.55 bits per heavy atom. The van der Waals surface area contributed by atoms with E-state index in [1.165, 1.54) is 30.3 Å². The summed E-state index contributed by atoms with van der Waals surface area (Å²) in [6.45, 7) is 5.51. The van der Waals surface area contributed by atoms with E-state index in [1.54, 1.807) is 19.1 Å². The van der Waals surface area contributed by atoms with Crippen molar-refractivity contribution in [2.75, 3.05) is 30.3 Å². The van der Waals surface area contributed by atoms with Gasteiger partial charge < -0.3 is 34.5 Å². The van der Waals surface area contributed by atoms with Crippen LogP contribution in [-0.4, -0.2) is 91.7 Å². The molecule has 1 amide bonds. The van der Waals surface area contributed by atoms with Crippen LogP contribution in [0.2, 0.25) is 0 Å². The zero-order chi connectivity index (χ0) is 37.9. The highest BCUT2D eigenvalue weighted by Gasteiger charge is 2.42. The molecule has 290 valence electrons. The van der Waals surface area contributed by atoms with E-state index in [0.29, 0.717) is 28.4 Å². The third kappa shape index (κ3) is 9.63. The highest BCUT2D eigenvalue weighted by molar-refractivity contribution is 7.91. The monoisotopic (exact) mass is 780 g/mol. The number of nitrogens with two attached hydrogens (primary N) is 1. The lowest BCUT2D eigenvalue weighted by atomic mass is 9.97. The molecule has 1 saturated carbocycles. The molecule has 6 rings (SSSR count). The number of amides is 1. The number of nitrogens with one attached hydrogen (secondary N) is 1. The number of halogens is 2. The first-order valence-corrected chi connectivity index (χ1v) is 20.3. The minimum Gasteiger partial charge on any atom is -0.432 e. The molecule has 53 heavy (non-hydrogen) atoms. The number of fused-ring (bicyclic) bond motifs is 1. The van der Waals surface area contributed by atoms with E-state index in [0.717, 1.165) is 69.4 Å². The van der Waals surface area contributed by atoms with E-state index in [2.05, 4.69) is 14.7 Å². The quantitative estimate of drug-likeness (QED) is 0.153. The van der Waals surface area contributed by atoms with Crippen LogP contribution in [0.3, 0.4) is 0 Å². The SMILES string of the molecule is CC(OC(=O)OC1CCCCC1)OC(C)C(Cc1cc2ccnc(N)c2cc1OC(C)(F)F)N1CCC(NS(=O)(=O)c2cnc(N3CCCC3)s2)C1=O. The van der Waals surface area contributed by atoms with Gasteiger partial charge in [0.2, 0.25) is 12.2 Å². The molecule has 2 aliphatic heterocycles. The fourth-order valence-electron chi connectivity index (χ4n) is 7.19. The Labute approximate surface area is 311 Å². The molecule has 4 heterocycles. The minimum absolute atomic E-state index is 0.00259. The van der Waals surface area contributed by atoms with Crippen molar-refractivity contribution in [3.8, 4) is 5.75 Å². The van der Waals surface area contributed by atoms with Crippen LogP contribution < -0.4 is 20.1 Å². The molecule has 0 bridgehead atoms. The van der Waals surface area contributed by atoms with E-state index < -0.39 is 52.7 Å². The van der Waals surface area contributed by atoms with Crippen molar-refractivity contribution >= 4 is 55.1 Å². The Morgan fingerprint density at radius 1 is 1.09 bits per heavy atom. The molecule has 1 aromatic carbocycles. The number of pyridine rings is 1. The van der Waals surface area contributed by atoms with Crippen molar-refractivity contribution in [2.24, 2.45) is 0 Å². The van der Waals surface area contributed by atoms with Crippen molar-refractivity contribution in [1.29, 1.82) is 0 Å². The molecule has 14 nitrogen and oxygen atoms in total. The molecule has 2 aromatic heterocycles. The van der Waals surface area contributed by atoms with Gasteiger partial charge in [-0.1, -0.05) is 17.8 Å². The Bertz CT molecular complexity index is 1880. The van der Waals surface area contributed by atoms with Crippen LogP contribution in [0.4, 0.5) is 24.5 Å². The molecular formula is C35H46F2N6O8S2. The summed E-state index contributed by atoms with van der Waals surface area (Å²) in [5.74, 6) is -0.581. The predicted octanol–water partition coefficient (Wildman–Crippen LogP) is 5.59. The smallest absolute Gasteiger partial charge is 0.432 e. The molecular weight excluding hydrogens is 735 g/mol. The Kier molecular flexibility index (Phi) is 11.9. The van der Waals surface area contributed by atoms with Crippen LogP contribution in [0, 0.1) is 0 Å². The van der Waals surface area contributed by atoms with Gasteiger partial charge in [-0.15, -0.1) is 0 Å². The molecule has 18 heteroatoms. The molecule has 4 atom stereocenters. The molecule has 2 saturated heterocycles. The number of carbonyl (C=O) groups excluding carboxylic acids is 2. The number of nitrogen functional groups attached to an aromatic ring is 1. The summed E-state index contributed by atoms with van der Waals surface area (Å²) in [4.78, 5) is 38.5. The number of aromatic nitrogens is 2. The second-order valence-corrected chi connectivity index (χ2v) is 16.8. The van der Waals surface area contributed by atoms with Gasteiger partial charge in [-0.2, -0.15) is 13.5 Å². The third-order valence-electron chi connectivity index (χ3n) is 9.77. The standard InChI is InChI=1S/C35H46F2N6O8S2/c1-21(48-22(2)49-34(45)50-25-9-5-4-6-10-25)28(18-24-17-23-11-13-39-31(38)26(23)19-29(24)51-35(3,36)37)43-16-12-27(32(43)44)41-53(46,47)30-20-40-33(52-30)42-14-7-8-15-42/h11,13,17,19-22,25,27-28,41H,4-10,12,14-16,18H2,1-3H3,(H2,38,39). The first kappa shape index (κ1) is 38.8. The van der Waals surface area contributed by atoms with Crippen molar-refractivity contribution in [3.05, 3.63) is 36.2 Å². The van der Waals surface area contributed by atoms with Gasteiger partial charge in [0.1, 0.15) is 23.7 Å². The summed E-state index contributed by atoms with van der Waals surface area (Å²) in [5.41, 5.74) is 6.37. The summed E-state index contributed by atoms with van der Waals surface area (Å²) in [7, 11) is -4.11. The molecule has 1 aliphatic carbocycles. The van der Waals surface area contributed by atoms with Gasteiger partial charge in [-0.3, -0.25) is 4.79 Å². The fraction of sp³-hybridized carbons (Fsp3) is 0.600. The van der Waals surface area contributed by atoms with E-state index in [1.807, 2.05) is 4.90 Å². The van der Waals surface area contributed by atoms with Crippen molar-refractivity contribution in [2.45, 2.75) is 119 Å². The number of rotatable bonds is 14. The van der Waals surface area contributed by atoms with Gasteiger partial charge in [-0.25, -0.2) is 23.2 Å². The third-order valence-corrected chi connectivity index (χ3v) is 12.8. The van der Waals surface area contributed by atoms with E-state index in [9.17, 15) is 26.8 Å². The normalized spacial score (nSPS) is 20.5. The highest BCUT2D eigenvalue weighted by Crippen LogP contribution is 2.35. The lowest BCUT2D eigenvalue weighted by molar-refractivity contribution is -0.163.